The topological polar surface area (TPSA) is 135 Å². The number of carbonyl (C=O) groups is 3. The first-order valence-electron chi connectivity index (χ1n) is 9.76. The predicted octanol–water partition coefficient (Wildman–Crippen LogP) is 5.13. The van der Waals surface area contributed by atoms with Crippen LogP contribution in [0.1, 0.15) is 41.0 Å². The number of azo groups is 1. The van der Waals surface area contributed by atoms with Gasteiger partial charge < -0.3 is 21.1 Å². The van der Waals surface area contributed by atoms with Crippen molar-refractivity contribution in [2.45, 2.75) is 46.6 Å². The lowest BCUT2D eigenvalue weighted by molar-refractivity contribution is -0.122. The molecule has 0 aliphatic heterocycles. The molecule has 9 nitrogen and oxygen atoms in total. The number of anilines is 2. The first-order valence-corrected chi connectivity index (χ1v) is 9.76. The minimum absolute atomic E-state index is 0. The molecule has 0 bridgehead atoms. The van der Waals surface area contributed by atoms with E-state index in [9.17, 15) is 14.4 Å². The molecule has 32 heavy (non-hydrogen) atoms. The molecule has 2 aromatic rings. The molecule has 0 saturated carbocycles. The van der Waals surface area contributed by atoms with Gasteiger partial charge in [-0.1, -0.05) is 7.43 Å². The minimum atomic E-state index is -0.668. The fourth-order valence-corrected chi connectivity index (χ4v) is 2.32. The fraction of sp³-hybridized carbons (Fsp3) is 0.348. The van der Waals surface area contributed by atoms with E-state index in [1.807, 2.05) is 0 Å². The molecule has 0 radical (unpaired) electrons. The lowest BCUT2D eigenvalue weighted by Crippen LogP contribution is -2.35. The van der Waals surface area contributed by atoms with Gasteiger partial charge in [-0.3, -0.25) is 9.59 Å². The molecule has 4 N–H and O–H groups in total. The molecule has 0 atom stereocenters. The van der Waals surface area contributed by atoms with E-state index in [0.29, 0.717) is 22.7 Å². The van der Waals surface area contributed by atoms with Gasteiger partial charge in [0.15, 0.2) is 5.78 Å². The smallest absolute Gasteiger partial charge is 0.408 e. The van der Waals surface area contributed by atoms with Gasteiger partial charge in [-0.05, 0) is 69.3 Å². The normalized spacial score (nSPS) is 10.8. The number of nitrogen functional groups attached to an aromatic ring is 1. The summed E-state index contributed by atoms with van der Waals surface area (Å²) in [7, 11) is 0. The Labute approximate surface area is 188 Å². The van der Waals surface area contributed by atoms with Crippen molar-refractivity contribution in [2.75, 3.05) is 17.6 Å². The van der Waals surface area contributed by atoms with Crippen LogP contribution in [0, 0.1) is 0 Å². The highest BCUT2D eigenvalue weighted by Gasteiger charge is 2.16. The summed E-state index contributed by atoms with van der Waals surface area (Å²) >= 11 is 0. The van der Waals surface area contributed by atoms with Crippen molar-refractivity contribution in [2.24, 2.45) is 10.2 Å². The third-order valence-corrected chi connectivity index (χ3v) is 3.78. The average molecular weight is 442 g/mol. The van der Waals surface area contributed by atoms with Crippen LogP contribution in [0.3, 0.4) is 0 Å². The van der Waals surface area contributed by atoms with Gasteiger partial charge in [0.25, 0.3) is 0 Å². The van der Waals surface area contributed by atoms with Gasteiger partial charge in [-0.2, -0.15) is 10.2 Å². The Morgan fingerprint density at radius 1 is 0.906 bits per heavy atom. The highest BCUT2D eigenvalue weighted by Crippen LogP contribution is 2.21. The molecule has 2 rings (SSSR count). The van der Waals surface area contributed by atoms with Gasteiger partial charge in [0.2, 0.25) is 5.91 Å². The number of rotatable bonds is 8. The summed E-state index contributed by atoms with van der Waals surface area (Å²) in [5, 5.41) is 13.3. The predicted molar refractivity (Wildman–Crippen MR) is 125 cm³/mol. The van der Waals surface area contributed by atoms with Crippen LogP contribution in [0.4, 0.5) is 27.5 Å². The monoisotopic (exact) mass is 441 g/mol. The Balaban J connectivity index is 0.00000512. The lowest BCUT2D eigenvalue weighted by Gasteiger charge is -2.19. The molecule has 2 aromatic carbocycles. The Kier molecular flexibility index (Phi) is 10.0. The second-order valence-corrected chi connectivity index (χ2v) is 7.78. The average Bonchev–Trinajstić information content (AvgIpc) is 2.70. The summed E-state index contributed by atoms with van der Waals surface area (Å²) in [5.74, 6) is -0.568. The molecular weight excluding hydrogens is 410 g/mol. The van der Waals surface area contributed by atoms with Gasteiger partial charge in [0.05, 0.1) is 17.9 Å². The molecular formula is C23H31N5O4. The Bertz CT molecular complexity index is 932. The van der Waals surface area contributed by atoms with Crippen LogP contribution < -0.4 is 16.4 Å². The highest BCUT2D eigenvalue weighted by molar-refractivity contribution is 5.94. The summed E-state index contributed by atoms with van der Waals surface area (Å²) in [6.45, 7) is 5.01. The van der Waals surface area contributed by atoms with Gasteiger partial charge in [-0.25, -0.2) is 4.79 Å². The van der Waals surface area contributed by atoms with Crippen molar-refractivity contribution < 1.29 is 19.1 Å². The Hall–Kier alpha value is -3.75. The molecule has 2 amide bonds. The van der Waals surface area contributed by atoms with Crippen LogP contribution in [-0.4, -0.2) is 29.9 Å². The zero-order chi connectivity index (χ0) is 22.9. The van der Waals surface area contributed by atoms with Gasteiger partial charge in [0, 0.05) is 24.2 Å². The third kappa shape index (κ3) is 10.3. The number of ether oxygens (including phenoxy) is 1. The van der Waals surface area contributed by atoms with E-state index >= 15 is 0 Å². The summed E-state index contributed by atoms with van der Waals surface area (Å²) in [4.78, 5) is 35.4. The summed E-state index contributed by atoms with van der Waals surface area (Å²) in [6, 6.07) is 13.8. The van der Waals surface area contributed by atoms with E-state index in [-0.39, 0.29) is 38.5 Å². The zero-order valence-corrected chi connectivity index (χ0v) is 17.8. The number of hydrogen-bond donors (Lipinski definition) is 3. The van der Waals surface area contributed by atoms with E-state index in [1.165, 1.54) is 0 Å². The standard InChI is InChI=1S/C22H27N5O4.CH4/c1-22(2,3)31-21(30)24-14-19(28)12-13-20(29)25-16-8-10-18(11-9-16)27-26-17-6-4-15(23)5-7-17;/h4-11H,12-14,23H2,1-3H3,(H,24,30)(H,25,29);1H4. The van der Waals surface area contributed by atoms with Gasteiger partial charge >= 0.3 is 6.09 Å². The maximum absolute atomic E-state index is 12.0. The second kappa shape index (κ2) is 12.2. The van der Waals surface area contributed by atoms with E-state index in [2.05, 4.69) is 20.9 Å². The summed E-state index contributed by atoms with van der Waals surface area (Å²) in [6.07, 6.45) is -0.651. The molecule has 0 heterocycles. The molecule has 0 unspecified atom stereocenters. The first kappa shape index (κ1) is 26.3. The largest absolute Gasteiger partial charge is 0.444 e. The number of Topliss-reactive ketones (excluding diaryl/α,β-unsaturated/α-hetero) is 1. The number of benzene rings is 2. The van der Waals surface area contributed by atoms with Crippen LogP contribution in [0.5, 0.6) is 0 Å². The number of nitrogens with zero attached hydrogens (tertiary/aromatic N) is 2. The van der Waals surface area contributed by atoms with E-state index in [4.69, 9.17) is 10.5 Å². The number of carbonyl (C=O) groups excluding carboxylic acids is 3. The van der Waals surface area contributed by atoms with Gasteiger partial charge in [-0.15, -0.1) is 0 Å². The fourth-order valence-electron chi connectivity index (χ4n) is 2.32. The molecule has 0 aliphatic carbocycles. The molecule has 0 saturated heterocycles. The number of amides is 2. The van der Waals surface area contributed by atoms with Crippen LogP contribution in [0.2, 0.25) is 0 Å². The molecule has 172 valence electrons. The lowest BCUT2D eigenvalue weighted by atomic mass is 10.2. The molecule has 0 aromatic heterocycles. The van der Waals surface area contributed by atoms with Crippen molar-refractivity contribution in [3.05, 3.63) is 48.5 Å². The molecule has 0 aliphatic rings. The second-order valence-electron chi connectivity index (χ2n) is 7.78. The number of hydrogen-bond acceptors (Lipinski definition) is 7. The van der Waals surface area contributed by atoms with Crippen LogP contribution in [0.15, 0.2) is 58.8 Å². The minimum Gasteiger partial charge on any atom is -0.444 e. The number of nitrogens with two attached hydrogens (primary N) is 1. The highest BCUT2D eigenvalue weighted by atomic mass is 16.6. The van der Waals surface area contributed by atoms with E-state index in [0.717, 1.165) is 0 Å². The molecule has 9 heteroatoms. The Morgan fingerprint density at radius 3 is 1.97 bits per heavy atom. The van der Waals surface area contributed by atoms with Crippen molar-refractivity contribution in [1.29, 1.82) is 0 Å². The maximum atomic E-state index is 12.0. The van der Waals surface area contributed by atoms with E-state index in [1.54, 1.807) is 69.3 Å². The van der Waals surface area contributed by atoms with Crippen molar-refractivity contribution in [3.63, 3.8) is 0 Å². The Morgan fingerprint density at radius 2 is 1.44 bits per heavy atom. The van der Waals surface area contributed by atoms with Crippen molar-refractivity contribution in [3.8, 4) is 0 Å². The number of alkyl carbamates (subject to hydrolysis) is 1. The molecule has 0 spiro atoms. The van der Waals surface area contributed by atoms with Crippen LogP contribution in [0.25, 0.3) is 0 Å². The maximum Gasteiger partial charge on any atom is 0.408 e. The summed E-state index contributed by atoms with van der Waals surface area (Å²) in [5.41, 5.74) is 7.52. The quantitative estimate of drug-likeness (QED) is 0.385. The third-order valence-electron chi connectivity index (χ3n) is 3.78. The van der Waals surface area contributed by atoms with Crippen LogP contribution in [-0.2, 0) is 14.3 Å². The van der Waals surface area contributed by atoms with Crippen molar-refractivity contribution in [1.82, 2.24) is 5.32 Å². The number of nitrogens with one attached hydrogen (secondary N) is 2. The van der Waals surface area contributed by atoms with Crippen LogP contribution >= 0.6 is 0 Å². The zero-order valence-electron chi connectivity index (χ0n) is 17.8. The van der Waals surface area contributed by atoms with Crippen molar-refractivity contribution >= 4 is 40.5 Å². The SMILES string of the molecule is C.CC(C)(C)OC(=O)NCC(=O)CCC(=O)Nc1ccc(N=Nc2ccc(N)cc2)cc1. The summed E-state index contributed by atoms with van der Waals surface area (Å²) < 4.78 is 5.05. The van der Waals surface area contributed by atoms with E-state index < -0.39 is 11.7 Å². The van der Waals surface area contributed by atoms with Gasteiger partial charge in [0.1, 0.15) is 5.60 Å². The number of ketones is 1. The first-order chi connectivity index (χ1) is 14.6. The molecule has 0 fully saturated rings.